The van der Waals surface area contributed by atoms with Crippen LogP contribution in [0.1, 0.15) is 42.1 Å². The molecule has 1 saturated heterocycles. The molecule has 0 aromatic heterocycles. The molecule has 1 aliphatic heterocycles. The third-order valence-electron chi connectivity index (χ3n) is 6.59. The Kier molecular flexibility index (Phi) is 8.92. The quantitative estimate of drug-likeness (QED) is 0.379. The molecular weight excluding hydrogens is 464 g/mol. The Hall–Kier alpha value is -4.13. The van der Waals surface area contributed by atoms with Gasteiger partial charge in [0, 0.05) is 42.1 Å². The zero-order valence-corrected chi connectivity index (χ0v) is 21.2. The van der Waals surface area contributed by atoms with Gasteiger partial charge in [-0.1, -0.05) is 37.3 Å². The maximum Gasteiger partial charge on any atom is 0.253 e. The number of nitrogens with zero attached hydrogens (tertiary/aromatic N) is 1. The minimum atomic E-state index is -0.192. The number of benzene rings is 3. The van der Waals surface area contributed by atoms with Crippen molar-refractivity contribution in [3.63, 3.8) is 0 Å². The fourth-order valence-corrected chi connectivity index (χ4v) is 4.28. The third-order valence-corrected chi connectivity index (χ3v) is 6.59. The van der Waals surface area contributed by atoms with Crippen molar-refractivity contribution in [2.45, 2.75) is 32.6 Å². The van der Waals surface area contributed by atoms with Gasteiger partial charge in [-0.3, -0.25) is 14.4 Å². The van der Waals surface area contributed by atoms with Crippen LogP contribution in [0.25, 0.3) is 0 Å². The maximum absolute atomic E-state index is 12.7. The van der Waals surface area contributed by atoms with Crippen LogP contribution < -0.4 is 16.0 Å². The van der Waals surface area contributed by atoms with E-state index in [0.717, 1.165) is 37.2 Å². The molecule has 37 heavy (non-hydrogen) atoms. The lowest BCUT2D eigenvalue weighted by molar-refractivity contribution is -0.116. The molecule has 1 heterocycles. The molecule has 192 valence electrons. The largest absolute Gasteiger partial charge is 0.376 e. The van der Waals surface area contributed by atoms with Crippen LogP contribution in [0.15, 0.2) is 78.9 Å². The Morgan fingerprint density at radius 2 is 1.32 bits per heavy atom. The number of hydrogen-bond donors (Lipinski definition) is 3. The Morgan fingerprint density at radius 3 is 1.95 bits per heavy atom. The lowest BCUT2D eigenvalue weighted by Crippen LogP contribution is -2.37. The average Bonchev–Trinajstić information content (AvgIpc) is 2.93. The van der Waals surface area contributed by atoms with Crippen molar-refractivity contribution in [3.8, 4) is 0 Å². The van der Waals surface area contributed by atoms with Gasteiger partial charge in [-0.15, -0.1) is 0 Å². The van der Waals surface area contributed by atoms with Crippen molar-refractivity contribution in [2.75, 3.05) is 35.6 Å². The van der Waals surface area contributed by atoms with Crippen LogP contribution in [0.5, 0.6) is 0 Å². The highest BCUT2D eigenvalue weighted by Gasteiger charge is 2.21. The van der Waals surface area contributed by atoms with Gasteiger partial charge in [-0.05, 0) is 79.3 Å². The van der Waals surface area contributed by atoms with Crippen molar-refractivity contribution in [1.82, 2.24) is 4.90 Å². The zero-order chi connectivity index (χ0) is 26.0. The molecule has 1 aliphatic rings. The van der Waals surface area contributed by atoms with Gasteiger partial charge in [0.2, 0.25) is 11.8 Å². The molecule has 0 spiro atoms. The number of aryl methyl sites for hydroxylation is 1. The van der Waals surface area contributed by atoms with E-state index in [1.165, 1.54) is 0 Å². The Morgan fingerprint density at radius 1 is 0.757 bits per heavy atom. The minimum absolute atomic E-state index is 0.0527. The number of carbonyl (C=O) groups excluding carboxylic acids is 3. The van der Waals surface area contributed by atoms with Crippen LogP contribution in [0, 0.1) is 5.92 Å². The van der Waals surface area contributed by atoms with E-state index in [2.05, 4.69) is 22.9 Å². The Labute approximate surface area is 218 Å². The molecular formula is C30H34N4O3. The first-order chi connectivity index (χ1) is 18.0. The summed E-state index contributed by atoms with van der Waals surface area (Å²) in [4.78, 5) is 39.2. The Bertz CT molecular complexity index is 1190. The standard InChI is InChI=1S/C30H34N4O3/c1-22-17-19-34(20-18-22)30(37)24-8-10-25(11-9-24)31-21-29(36)33-27-14-12-26(13-15-27)32-28(35)16-7-23-5-3-2-4-6-23/h2-6,8-15,22,31H,7,16-21H2,1H3,(H,32,35)(H,33,36). The van der Waals surface area contributed by atoms with Gasteiger partial charge in [-0.2, -0.15) is 0 Å². The lowest BCUT2D eigenvalue weighted by atomic mass is 9.98. The molecule has 4 rings (SSSR count). The van der Waals surface area contributed by atoms with Crippen LogP contribution in [0.2, 0.25) is 0 Å². The number of rotatable bonds is 9. The summed E-state index contributed by atoms with van der Waals surface area (Å²) in [6.07, 6.45) is 3.19. The molecule has 0 aliphatic carbocycles. The van der Waals surface area contributed by atoms with Gasteiger partial charge in [-0.25, -0.2) is 0 Å². The SMILES string of the molecule is CC1CCN(C(=O)c2ccc(NCC(=O)Nc3ccc(NC(=O)CCc4ccccc4)cc3)cc2)CC1. The first kappa shape index (κ1) is 25.9. The summed E-state index contributed by atoms with van der Waals surface area (Å²) in [6, 6.07) is 24.2. The summed E-state index contributed by atoms with van der Waals surface area (Å²) in [5.41, 5.74) is 3.89. The molecule has 0 radical (unpaired) electrons. The van der Waals surface area contributed by atoms with Crippen molar-refractivity contribution in [1.29, 1.82) is 0 Å². The van der Waals surface area contributed by atoms with Crippen LogP contribution in [-0.2, 0) is 16.0 Å². The third kappa shape index (κ3) is 7.93. The molecule has 3 amide bonds. The second kappa shape index (κ2) is 12.7. The zero-order valence-electron chi connectivity index (χ0n) is 21.2. The van der Waals surface area contributed by atoms with E-state index >= 15 is 0 Å². The molecule has 7 nitrogen and oxygen atoms in total. The molecule has 0 unspecified atom stereocenters. The summed E-state index contributed by atoms with van der Waals surface area (Å²) in [5.74, 6) is 0.494. The van der Waals surface area contributed by atoms with E-state index in [1.54, 1.807) is 36.4 Å². The van der Waals surface area contributed by atoms with Crippen LogP contribution in [-0.4, -0.2) is 42.3 Å². The van der Waals surface area contributed by atoms with E-state index in [1.807, 2.05) is 47.4 Å². The summed E-state index contributed by atoms with van der Waals surface area (Å²) < 4.78 is 0. The van der Waals surface area contributed by atoms with Gasteiger partial charge >= 0.3 is 0 Å². The molecule has 3 N–H and O–H groups in total. The van der Waals surface area contributed by atoms with E-state index in [4.69, 9.17) is 0 Å². The highest BCUT2D eigenvalue weighted by molar-refractivity contribution is 5.96. The van der Waals surface area contributed by atoms with E-state index in [-0.39, 0.29) is 24.3 Å². The fraction of sp³-hybridized carbons (Fsp3) is 0.300. The van der Waals surface area contributed by atoms with Crippen molar-refractivity contribution >= 4 is 34.8 Å². The number of piperidine rings is 1. The van der Waals surface area contributed by atoms with Gasteiger partial charge in [0.05, 0.1) is 6.54 Å². The monoisotopic (exact) mass is 498 g/mol. The van der Waals surface area contributed by atoms with Crippen molar-refractivity contribution in [2.24, 2.45) is 5.92 Å². The summed E-state index contributed by atoms with van der Waals surface area (Å²) >= 11 is 0. The number of amides is 3. The molecule has 7 heteroatoms. The predicted octanol–water partition coefficient (Wildman–Crippen LogP) is 5.18. The molecule has 0 saturated carbocycles. The normalized spacial score (nSPS) is 13.6. The lowest BCUT2D eigenvalue weighted by Gasteiger charge is -2.30. The van der Waals surface area contributed by atoms with Gasteiger partial charge in [0.15, 0.2) is 0 Å². The van der Waals surface area contributed by atoms with Crippen molar-refractivity contribution in [3.05, 3.63) is 90.0 Å². The van der Waals surface area contributed by atoms with Gasteiger partial charge in [0.25, 0.3) is 5.91 Å². The second-order valence-corrected chi connectivity index (χ2v) is 9.56. The number of carbonyl (C=O) groups is 3. The van der Waals surface area contributed by atoms with Crippen LogP contribution in [0.3, 0.4) is 0 Å². The fourth-order valence-electron chi connectivity index (χ4n) is 4.28. The number of hydrogen-bond acceptors (Lipinski definition) is 4. The number of likely N-dealkylation sites (tertiary alicyclic amines) is 1. The second-order valence-electron chi connectivity index (χ2n) is 9.56. The van der Waals surface area contributed by atoms with E-state index < -0.39 is 0 Å². The van der Waals surface area contributed by atoms with Gasteiger partial charge in [0.1, 0.15) is 0 Å². The maximum atomic E-state index is 12.7. The van der Waals surface area contributed by atoms with E-state index in [9.17, 15) is 14.4 Å². The molecule has 0 atom stereocenters. The Balaban J connectivity index is 1.18. The molecule has 3 aromatic carbocycles. The predicted molar refractivity (Wildman–Crippen MR) is 148 cm³/mol. The highest BCUT2D eigenvalue weighted by atomic mass is 16.2. The number of anilines is 3. The van der Waals surface area contributed by atoms with Crippen LogP contribution >= 0.6 is 0 Å². The molecule has 3 aromatic rings. The summed E-state index contributed by atoms with van der Waals surface area (Å²) in [7, 11) is 0. The first-order valence-corrected chi connectivity index (χ1v) is 12.8. The van der Waals surface area contributed by atoms with Crippen LogP contribution in [0.4, 0.5) is 17.1 Å². The molecule has 1 fully saturated rings. The van der Waals surface area contributed by atoms with Crippen molar-refractivity contribution < 1.29 is 14.4 Å². The topological polar surface area (TPSA) is 90.5 Å². The number of nitrogens with one attached hydrogen (secondary N) is 3. The summed E-state index contributed by atoms with van der Waals surface area (Å²) in [6.45, 7) is 3.93. The average molecular weight is 499 g/mol. The highest BCUT2D eigenvalue weighted by Crippen LogP contribution is 2.19. The summed E-state index contributed by atoms with van der Waals surface area (Å²) in [5, 5.41) is 8.81. The smallest absolute Gasteiger partial charge is 0.253 e. The van der Waals surface area contributed by atoms with E-state index in [0.29, 0.717) is 35.7 Å². The molecule has 0 bridgehead atoms. The minimum Gasteiger partial charge on any atom is -0.376 e. The van der Waals surface area contributed by atoms with Gasteiger partial charge < -0.3 is 20.9 Å². The first-order valence-electron chi connectivity index (χ1n) is 12.8.